The van der Waals surface area contributed by atoms with E-state index in [9.17, 15) is 4.79 Å². The van der Waals surface area contributed by atoms with Crippen LogP contribution in [0.4, 0.5) is 0 Å². The van der Waals surface area contributed by atoms with Crippen LogP contribution in [0.25, 0.3) is 0 Å². The van der Waals surface area contributed by atoms with Crippen molar-refractivity contribution in [2.75, 3.05) is 14.1 Å². The maximum Gasteiger partial charge on any atom is 0.242 e. The summed E-state index contributed by atoms with van der Waals surface area (Å²) in [6.07, 6.45) is 0. The van der Waals surface area contributed by atoms with Crippen LogP contribution >= 0.6 is 11.3 Å². The summed E-state index contributed by atoms with van der Waals surface area (Å²) < 4.78 is 0. The third kappa shape index (κ3) is 3.68. The maximum atomic E-state index is 12.4. The number of amides is 1. The van der Waals surface area contributed by atoms with Crippen molar-refractivity contribution >= 4 is 17.2 Å². The number of carbonyl (C=O) groups is 1. The fourth-order valence-electron chi connectivity index (χ4n) is 2.21. The zero-order valence-corrected chi connectivity index (χ0v) is 12.9. The topological polar surface area (TPSA) is 32.3 Å². The second kappa shape index (κ2) is 6.68. The van der Waals surface area contributed by atoms with Crippen molar-refractivity contribution in [1.82, 2.24) is 10.2 Å². The molecule has 0 radical (unpaired) electrons. The second-order valence-corrected chi connectivity index (χ2v) is 6.11. The van der Waals surface area contributed by atoms with Crippen molar-refractivity contribution in [2.24, 2.45) is 0 Å². The molecule has 0 saturated heterocycles. The third-order valence-electron chi connectivity index (χ3n) is 3.14. The lowest BCUT2D eigenvalue weighted by atomic mass is 10.0. The van der Waals surface area contributed by atoms with E-state index in [0.29, 0.717) is 6.54 Å². The number of nitrogens with one attached hydrogen (secondary N) is 1. The van der Waals surface area contributed by atoms with Crippen molar-refractivity contribution in [1.29, 1.82) is 0 Å². The summed E-state index contributed by atoms with van der Waals surface area (Å²) in [7, 11) is 3.86. The molecule has 0 spiro atoms. The average molecular weight is 288 g/mol. The lowest BCUT2D eigenvalue weighted by Crippen LogP contribution is -2.36. The molecular formula is C16H20N2OS. The van der Waals surface area contributed by atoms with Gasteiger partial charge in [-0.3, -0.25) is 9.69 Å². The Bertz CT molecular complexity index is 564. The predicted molar refractivity (Wildman–Crippen MR) is 83.8 cm³/mol. The molecule has 1 heterocycles. The molecule has 2 aromatic rings. The fraction of sp³-hybridized carbons (Fsp3) is 0.312. The normalized spacial score (nSPS) is 12.4. The van der Waals surface area contributed by atoms with Gasteiger partial charge >= 0.3 is 0 Å². The number of carbonyl (C=O) groups excluding carboxylic acids is 1. The Hall–Kier alpha value is -1.65. The van der Waals surface area contributed by atoms with Crippen molar-refractivity contribution < 1.29 is 4.79 Å². The number of benzene rings is 1. The molecule has 0 saturated carbocycles. The van der Waals surface area contributed by atoms with Gasteiger partial charge in [-0.2, -0.15) is 0 Å². The molecule has 1 N–H and O–H groups in total. The van der Waals surface area contributed by atoms with Crippen molar-refractivity contribution in [2.45, 2.75) is 19.5 Å². The number of rotatable bonds is 5. The number of hydrogen-bond donors (Lipinski definition) is 1. The lowest BCUT2D eigenvalue weighted by Gasteiger charge is -2.24. The maximum absolute atomic E-state index is 12.4. The predicted octanol–water partition coefficient (Wildman–Crippen LogP) is 2.98. The Morgan fingerprint density at radius 1 is 1.30 bits per heavy atom. The van der Waals surface area contributed by atoms with Gasteiger partial charge in [0, 0.05) is 4.88 Å². The molecule has 2 rings (SSSR count). The standard InChI is InChI=1S/C16H20N2OS/c1-12-6-4-7-13(10-12)15(18(2)3)16(19)17-11-14-8-5-9-20-14/h4-10,15H,11H2,1-3H3,(H,17,19). The Morgan fingerprint density at radius 3 is 2.70 bits per heavy atom. The van der Waals surface area contributed by atoms with Gasteiger partial charge in [0.05, 0.1) is 6.54 Å². The highest BCUT2D eigenvalue weighted by Gasteiger charge is 2.22. The zero-order valence-electron chi connectivity index (χ0n) is 12.1. The van der Waals surface area contributed by atoms with E-state index in [-0.39, 0.29) is 11.9 Å². The Balaban J connectivity index is 2.10. The molecule has 0 aliphatic rings. The van der Waals surface area contributed by atoms with E-state index >= 15 is 0 Å². The van der Waals surface area contributed by atoms with E-state index < -0.39 is 0 Å². The van der Waals surface area contributed by atoms with Crippen LogP contribution in [0, 0.1) is 6.92 Å². The Kier molecular flexibility index (Phi) is 4.93. The number of thiophene rings is 1. The molecule has 0 fully saturated rings. The first kappa shape index (κ1) is 14.8. The van der Waals surface area contributed by atoms with Gasteiger partial charge in [-0.05, 0) is 38.0 Å². The minimum absolute atomic E-state index is 0.0361. The molecule has 0 aliphatic carbocycles. The van der Waals surface area contributed by atoms with Gasteiger partial charge < -0.3 is 5.32 Å². The number of aryl methyl sites for hydroxylation is 1. The van der Waals surface area contributed by atoms with Crippen LogP contribution in [0.3, 0.4) is 0 Å². The summed E-state index contributed by atoms with van der Waals surface area (Å²) in [5, 5.41) is 5.03. The van der Waals surface area contributed by atoms with Crippen molar-refractivity contribution in [3.63, 3.8) is 0 Å². The molecule has 106 valence electrons. The largest absolute Gasteiger partial charge is 0.350 e. The monoisotopic (exact) mass is 288 g/mol. The first-order valence-corrected chi connectivity index (χ1v) is 7.49. The summed E-state index contributed by atoms with van der Waals surface area (Å²) in [6.45, 7) is 2.63. The van der Waals surface area contributed by atoms with Gasteiger partial charge in [0.15, 0.2) is 0 Å². The van der Waals surface area contributed by atoms with E-state index in [0.717, 1.165) is 5.56 Å². The van der Waals surface area contributed by atoms with Crippen LogP contribution in [0.1, 0.15) is 22.0 Å². The number of nitrogens with zero attached hydrogens (tertiary/aromatic N) is 1. The van der Waals surface area contributed by atoms with Crippen molar-refractivity contribution in [3.05, 3.63) is 57.8 Å². The minimum Gasteiger partial charge on any atom is -0.350 e. The summed E-state index contributed by atoms with van der Waals surface area (Å²) in [4.78, 5) is 15.6. The van der Waals surface area contributed by atoms with E-state index in [1.165, 1.54) is 10.4 Å². The minimum atomic E-state index is -0.255. The summed E-state index contributed by atoms with van der Waals surface area (Å²) in [5.74, 6) is 0.0361. The van der Waals surface area contributed by atoms with Gasteiger partial charge in [-0.25, -0.2) is 0 Å². The van der Waals surface area contributed by atoms with Gasteiger partial charge in [-0.15, -0.1) is 11.3 Å². The third-order valence-corrected chi connectivity index (χ3v) is 4.02. The highest BCUT2D eigenvalue weighted by Crippen LogP contribution is 2.20. The summed E-state index contributed by atoms with van der Waals surface area (Å²) >= 11 is 1.65. The molecule has 4 heteroatoms. The quantitative estimate of drug-likeness (QED) is 0.917. The lowest BCUT2D eigenvalue weighted by molar-refractivity contribution is -0.125. The molecule has 1 aromatic carbocycles. The van der Waals surface area contributed by atoms with Gasteiger partial charge in [-0.1, -0.05) is 35.9 Å². The SMILES string of the molecule is Cc1cccc(C(C(=O)NCc2cccs2)N(C)C)c1. The van der Waals surface area contributed by atoms with Crippen molar-refractivity contribution in [3.8, 4) is 0 Å². The highest BCUT2D eigenvalue weighted by atomic mass is 32.1. The van der Waals surface area contributed by atoms with E-state index in [4.69, 9.17) is 0 Å². The van der Waals surface area contributed by atoms with E-state index in [2.05, 4.69) is 11.4 Å². The number of likely N-dealkylation sites (N-methyl/N-ethyl adjacent to an activating group) is 1. The van der Waals surface area contributed by atoms with Gasteiger partial charge in [0.25, 0.3) is 0 Å². The molecule has 1 atom stereocenters. The van der Waals surface area contributed by atoms with E-state index in [1.54, 1.807) is 11.3 Å². The Labute approximate surface area is 124 Å². The summed E-state index contributed by atoms with van der Waals surface area (Å²) in [5.41, 5.74) is 2.19. The molecule has 20 heavy (non-hydrogen) atoms. The van der Waals surface area contributed by atoms with Gasteiger partial charge in [0.2, 0.25) is 5.91 Å². The van der Waals surface area contributed by atoms with Gasteiger partial charge in [0.1, 0.15) is 6.04 Å². The van der Waals surface area contributed by atoms with Crippen LogP contribution in [-0.2, 0) is 11.3 Å². The second-order valence-electron chi connectivity index (χ2n) is 5.08. The van der Waals surface area contributed by atoms with Crippen LogP contribution in [0.15, 0.2) is 41.8 Å². The molecule has 1 aromatic heterocycles. The van der Waals surface area contributed by atoms with E-state index in [1.807, 2.05) is 61.6 Å². The summed E-state index contributed by atoms with van der Waals surface area (Å²) in [6, 6.07) is 11.9. The Morgan fingerprint density at radius 2 is 2.10 bits per heavy atom. The van der Waals surface area contributed by atoms with Crippen LogP contribution in [0.5, 0.6) is 0 Å². The highest BCUT2D eigenvalue weighted by molar-refractivity contribution is 7.09. The fourth-order valence-corrected chi connectivity index (χ4v) is 2.85. The first-order chi connectivity index (χ1) is 9.58. The van der Waals surface area contributed by atoms with Crippen LogP contribution in [-0.4, -0.2) is 24.9 Å². The molecule has 0 bridgehead atoms. The molecule has 3 nitrogen and oxygen atoms in total. The molecule has 1 unspecified atom stereocenters. The molecular weight excluding hydrogens is 268 g/mol. The molecule has 0 aliphatic heterocycles. The smallest absolute Gasteiger partial charge is 0.242 e. The average Bonchev–Trinajstić information content (AvgIpc) is 2.89. The van der Waals surface area contributed by atoms with Crippen LogP contribution in [0.2, 0.25) is 0 Å². The first-order valence-electron chi connectivity index (χ1n) is 6.61. The number of hydrogen-bond acceptors (Lipinski definition) is 3. The van der Waals surface area contributed by atoms with Crippen LogP contribution < -0.4 is 5.32 Å². The zero-order chi connectivity index (χ0) is 14.5. The molecule has 1 amide bonds.